The molecule has 13 rings (SSSR count). The highest BCUT2D eigenvalue weighted by Gasteiger charge is 2.21. The first-order valence-corrected chi connectivity index (χ1v) is 21.7. The minimum absolute atomic E-state index is 0.806. The van der Waals surface area contributed by atoms with E-state index in [2.05, 4.69) is 227 Å². The standard InChI is InChI=1S/C58H39N5/c1-2-55-60-58-54(63(55)40-16-4-3-5-17-40)33-32-48-43-18-6-11-23-49(43)59-57(56(48)58)38-30-28-37(29-31-38)39-34-41(61-50-24-12-7-19-44(50)45-20-8-13-25-51(45)61)36-42(35-39)62-52-26-14-9-21-46(52)47-22-10-15-27-53(47)62/h3-36H,2H2,1H3. The van der Waals surface area contributed by atoms with Crippen LogP contribution in [-0.4, -0.2) is 23.7 Å². The lowest BCUT2D eigenvalue weighted by Gasteiger charge is -2.16. The first-order valence-electron chi connectivity index (χ1n) is 21.7. The van der Waals surface area contributed by atoms with E-state index in [0.717, 1.165) is 84.4 Å². The van der Waals surface area contributed by atoms with Gasteiger partial charge in [0.2, 0.25) is 0 Å². The Morgan fingerprint density at radius 3 is 1.40 bits per heavy atom. The lowest BCUT2D eigenvalue weighted by Crippen LogP contribution is -2.00. The van der Waals surface area contributed by atoms with Crippen LogP contribution in [0, 0.1) is 0 Å². The molecule has 0 N–H and O–H groups in total. The lowest BCUT2D eigenvalue weighted by atomic mass is 9.96. The van der Waals surface area contributed by atoms with Gasteiger partial charge in [-0.25, -0.2) is 9.97 Å². The van der Waals surface area contributed by atoms with Crippen molar-refractivity contribution in [3.05, 3.63) is 212 Å². The number of hydrogen-bond acceptors (Lipinski definition) is 2. The van der Waals surface area contributed by atoms with Gasteiger partial charge in [-0.2, -0.15) is 0 Å². The molecule has 0 spiro atoms. The van der Waals surface area contributed by atoms with Crippen LogP contribution < -0.4 is 0 Å². The number of fused-ring (bicyclic) bond motifs is 11. The maximum atomic E-state index is 5.42. The molecule has 0 bridgehead atoms. The fourth-order valence-electron chi connectivity index (χ4n) is 10.2. The molecule has 0 aliphatic carbocycles. The van der Waals surface area contributed by atoms with Gasteiger partial charge in [0.15, 0.2) is 0 Å². The molecule has 4 heterocycles. The summed E-state index contributed by atoms with van der Waals surface area (Å²) in [5, 5.41) is 8.32. The molecule has 13 aromatic rings. The monoisotopic (exact) mass is 805 g/mol. The minimum Gasteiger partial charge on any atom is -0.309 e. The van der Waals surface area contributed by atoms with Crippen molar-refractivity contribution in [2.45, 2.75) is 13.3 Å². The van der Waals surface area contributed by atoms with E-state index in [4.69, 9.17) is 9.97 Å². The zero-order valence-electron chi connectivity index (χ0n) is 34.6. The van der Waals surface area contributed by atoms with Crippen LogP contribution in [0.4, 0.5) is 0 Å². The first-order chi connectivity index (χ1) is 31.2. The quantitative estimate of drug-likeness (QED) is 0.157. The van der Waals surface area contributed by atoms with Gasteiger partial charge in [-0.3, -0.25) is 4.57 Å². The predicted octanol–water partition coefficient (Wildman–Crippen LogP) is 14.8. The average molecular weight is 806 g/mol. The molecule has 63 heavy (non-hydrogen) atoms. The molecule has 0 saturated carbocycles. The van der Waals surface area contributed by atoms with Gasteiger partial charge in [0.25, 0.3) is 0 Å². The molecule has 0 aliphatic rings. The topological polar surface area (TPSA) is 40.6 Å². The minimum atomic E-state index is 0.806. The van der Waals surface area contributed by atoms with E-state index in [1.165, 1.54) is 43.6 Å². The molecule has 0 radical (unpaired) electrons. The molecule has 0 unspecified atom stereocenters. The van der Waals surface area contributed by atoms with E-state index >= 15 is 0 Å². The van der Waals surface area contributed by atoms with Crippen LogP contribution in [0.25, 0.3) is 116 Å². The average Bonchev–Trinajstić information content (AvgIpc) is 4.02. The Morgan fingerprint density at radius 2 is 0.841 bits per heavy atom. The number of para-hydroxylation sites is 6. The number of aryl methyl sites for hydroxylation is 1. The van der Waals surface area contributed by atoms with E-state index in [-0.39, 0.29) is 0 Å². The van der Waals surface area contributed by atoms with Crippen molar-refractivity contribution in [3.8, 4) is 39.4 Å². The third-order valence-electron chi connectivity index (χ3n) is 13.0. The van der Waals surface area contributed by atoms with Crippen LogP contribution >= 0.6 is 0 Å². The second-order valence-corrected chi connectivity index (χ2v) is 16.4. The fraction of sp³-hybridized carbons (Fsp3) is 0.0345. The van der Waals surface area contributed by atoms with Crippen molar-refractivity contribution in [1.29, 1.82) is 0 Å². The van der Waals surface area contributed by atoms with Crippen LogP contribution in [-0.2, 0) is 6.42 Å². The highest BCUT2D eigenvalue weighted by molar-refractivity contribution is 6.20. The Labute approximate surface area is 363 Å². The summed E-state index contributed by atoms with van der Waals surface area (Å²) in [5.74, 6) is 1.03. The number of hydrogen-bond donors (Lipinski definition) is 0. The van der Waals surface area contributed by atoms with Crippen LogP contribution in [0.15, 0.2) is 206 Å². The summed E-state index contributed by atoms with van der Waals surface area (Å²) < 4.78 is 7.15. The summed E-state index contributed by atoms with van der Waals surface area (Å²) in [6, 6.07) is 74.6. The van der Waals surface area contributed by atoms with Gasteiger partial charge >= 0.3 is 0 Å². The number of pyridine rings is 1. The maximum Gasteiger partial charge on any atom is 0.114 e. The third-order valence-corrected chi connectivity index (χ3v) is 13.0. The largest absolute Gasteiger partial charge is 0.309 e. The highest BCUT2D eigenvalue weighted by atomic mass is 15.1. The normalized spacial score (nSPS) is 12.0. The van der Waals surface area contributed by atoms with Gasteiger partial charge in [-0.15, -0.1) is 0 Å². The Kier molecular flexibility index (Phi) is 7.81. The van der Waals surface area contributed by atoms with Crippen LogP contribution in [0.1, 0.15) is 12.7 Å². The predicted molar refractivity (Wildman–Crippen MR) is 263 cm³/mol. The van der Waals surface area contributed by atoms with Crippen molar-refractivity contribution >= 4 is 76.3 Å². The molecule has 0 saturated heterocycles. The van der Waals surface area contributed by atoms with Gasteiger partial charge in [0.05, 0.1) is 44.3 Å². The first kappa shape index (κ1) is 35.5. The molecular weight excluding hydrogens is 767 g/mol. The van der Waals surface area contributed by atoms with Gasteiger partial charge in [-0.05, 0) is 83.2 Å². The molecule has 9 aromatic carbocycles. The number of benzene rings is 9. The van der Waals surface area contributed by atoms with Crippen LogP contribution in [0.5, 0.6) is 0 Å². The third kappa shape index (κ3) is 5.36. The molecule has 0 amide bonds. The van der Waals surface area contributed by atoms with Gasteiger partial charge in [0, 0.05) is 61.4 Å². The van der Waals surface area contributed by atoms with Crippen molar-refractivity contribution < 1.29 is 0 Å². The van der Waals surface area contributed by atoms with Crippen LogP contribution in [0.2, 0.25) is 0 Å². The van der Waals surface area contributed by atoms with Crippen LogP contribution in [0.3, 0.4) is 0 Å². The molecule has 4 aromatic heterocycles. The highest BCUT2D eigenvalue weighted by Crippen LogP contribution is 2.41. The number of rotatable bonds is 6. The summed E-state index contributed by atoms with van der Waals surface area (Å²) in [6.07, 6.45) is 0.806. The molecule has 0 atom stereocenters. The Hall–Kier alpha value is -8.28. The second-order valence-electron chi connectivity index (χ2n) is 16.4. The molecule has 0 fully saturated rings. The molecule has 5 nitrogen and oxygen atoms in total. The smallest absolute Gasteiger partial charge is 0.114 e. The van der Waals surface area contributed by atoms with Gasteiger partial charge in [-0.1, -0.05) is 146 Å². The summed E-state index contributed by atoms with van der Waals surface area (Å²) in [5.41, 5.74) is 15.3. The molecule has 0 aliphatic heterocycles. The summed E-state index contributed by atoms with van der Waals surface area (Å²) in [4.78, 5) is 10.8. The van der Waals surface area contributed by atoms with Crippen molar-refractivity contribution in [2.75, 3.05) is 0 Å². The zero-order valence-corrected chi connectivity index (χ0v) is 34.6. The Morgan fingerprint density at radius 1 is 0.349 bits per heavy atom. The Balaban J connectivity index is 1.04. The molecular formula is C58H39N5. The second kappa shape index (κ2) is 13.9. The Bertz CT molecular complexity index is 3700. The van der Waals surface area contributed by atoms with E-state index in [1.54, 1.807) is 0 Å². The van der Waals surface area contributed by atoms with Crippen molar-refractivity contribution in [3.63, 3.8) is 0 Å². The summed E-state index contributed by atoms with van der Waals surface area (Å²) in [6.45, 7) is 2.18. The number of aromatic nitrogens is 5. The van der Waals surface area contributed by atoms with E-state index in [1.807, 2.05) is 0 Å². The lowest BCUT2D eigenvalue weighted by molar-refractivity contribution is 0.908. The van der Waals surface area contributed by atoms with E-state index in [0.29, 0.717) is 0 Å². The number of imidazole rings is 1. The molecule has 296 valence electrons. The maximum absolute atomic E-state index is 5.42. The van der Waals surface area contributed by atoms with Crippen molar-refractivity contribution in [2.24, 2.45) is 0 Å². The van der Waals surface area contributed by atoms with Gasteiger partial charge in [0.1, 0.15) is 5.82 Å². The van der Waals surface area contributed by atoms with Gasteiger partial charge < -0.3 is 9.13 Å². The number of nitrogens with zero attached hydrogens (tertiary/aromatic N) is 5. The van der Waals surface area contributed by atoms with E-state index in [9.17, 15) is 0 Å². The zero-order chi connectivity index (χ0) is 41.6. The van der Waals surface area contributed by atoms with Crippen molar-refractivity contribution in [1.82, 2.24) is 23.7 Å². The fourth-order valence-corrected chi connectivity index (χ4v) is 10.2. The molecule has 5 heteroatoms. The summed E-state index contributed by atoms with van der Waals surface area (Å²) in [7, 11) is 0. The SMILES string of the molecule is CCc1nc2c3c(-c4ccc(-c5cc(-n6c7ccccc7c7ccccc76)cc(-n6c7ccccc7c7ccccc76)c5)cc4)nc4ccccc4c3ccc2n1-c1ccccc1. The summed E-state index contributed by atoms with van der Waals surface area (Å²) >= 11 is 0. The van der Waals surface area contributed by atoms with E-state index < -0.39 is 0 Å².